The second-order valence-corrected chi connectivity index (χ2v) is 5.59. The minimum absolute atomic E-state index is 0.0687. The zero-order valence-corrected chi connectivity index (χ0v) is 12.6. The molecular weight excluding hydrogens is 324 g/mol. The molecule has 1 aliphatic rings. The van der Waals surface area contributed by atoms with Crippen molar-refractivity contribution < 1.29 is 14.4 Å². The topological polar surface area (TPSA) is 66.5 Å². The number of ketones is 1. The number of hydrogen-bond donors (Lipinski definition) is 1. The van der Waals surface area contributed by atoms with Gasteiger partial charge in [-0.15, -0.1) is 0 Å². The third-order valence-electron chi connectivity index (χ3n) is 3.25. The van der Waals surface area contributed by atoms with E-state index in [9.17, 15) is 14.4 Å². The van der Waals surface area contributed by atoms with E-state index in [-0.39, 0.29) is 30.7 Å². The van der Waals surface area contributed by atoms with Crippen molar-refractivity contribution >= 4 is 33.5 Å². The van der Waals surface area contributed by atoms with Gasteiger partial charge in [0, 0.05) is 10.0 Å². The Labute approximate surface area is 125 Å². The molecule has 1 N–H and O–H groups in total. The van der Waals surface area contributed by atoms with Crippen molar-refractivity contribution in [1.82, 2.24) is 10.2 Å². The monoisotopic (exact) mass is 338 g/mol. The molecule has 1 fully saturated rings. The molecule has 1 aromatic carbocycles. The number of benzene rings is 1. The highest BCUT2D eigenvalue weighted by Gasteiger charge is 2.33. The fraction of sp³-hybridized carbons (Fsp3) is 0.357. The number of Topliss-reactive ketones (excluding diaryl/α,β-unsaturated/α-hetero) is 1. The maximum absolute atomic E-state index is 12.2. The molecule has 0 radical (unpaired) electrons. The van der Waals surface area contributed by atoms with Gasteiger partial charge in [0.15, 0.2) is 5.78 Å². The first-order valence-electron chi connectivity index (χ1n) is 6.37. The Bertz CT molecular complexity index is 542. The highest BCUT2D eigenvalue weighted by molar-refractivity contribution is 9.10. The minimum Gasteiger partial charge on any atom is -0.294 e. The van der Waals surface area contributed by atoms with E-state index in [1.807, 2.05) is 6.92 Å². The lowest BCUT2D eigenvalue weighted by Gasteiger charge is -2.32. The van der Waals surface area contributed by atoms with Crippen LogP contribution in [0, 0.1) is 0 Å². The molecule has 1 heterocycles. The van der Waals surface area contributed by atoms with Gasteiger partial charge in [0.1, 0.15) is 0 Å². The van der Waals surface area contributed by atoms with Gasteiger partial charge in [-0.3, -0.25) is 24.6 Å². The first kappa shape index (κ1) is 14.9. The lowest BCUT2D eigenvalue weighted by atomic mass is 10.1. The van der Waals surface area contributed by atoms with Gasteiger partial charge in [0.05, 0.1) is 19.1 Å². The zero-order chi connectivity index (χ0) is 14.7. The van der Waals surface area contributed by atoms with Crippen molar-refractivity contribution in [2.45, 2.75) is 19.4 Å². The fourth-order valence-electron chi connectivity index (χ4n) is 2.24. The van der Waals surface area contributed by atoms with E-state index in [1.165, 1.54) is 0 Å². The summed E-state index contributed by atoms with van der Waals surface area (Å²) in [6.45, 7) is 2.00. The molecule has 0 spiro atoms. The molecular formula is C14H15BrN2O3. The number of hydrogen-bond acceptors (Lipinski definition) is 4. The standard InChI is InChI=1S/C14H15BrN2O3/c1-2-11-14(20)16-13(19)8-17(11)7-12(18)9-3-5-10(15)6-4-9/h3-6,11H,2,7-8H2,1H3,(H,16,19,20). The summed E-state index contributed by atoms with van der Waals surface area (Å²) in [6.07, 6.45) is 0.562. The third-order valence-corrected chi connectivity index (χ3v) is 3.78. The van der Waals surface area contributed by atoms with Crippen molar-refractivity contribution in [2.75, 3.05) is 13.1 Å². The van der Waals surface area contributed by atoms with E-state index in [2.05, 4.69) is 21.2 Å². The number of nitrogens with zero attached hydrogens (tertiary/aromatic N) is 1. The van der Waals surface area contributed by atoms with Crippen LogP contribution in [-0.2, 0) is 9.59 Å². The van der Waals surface area contributed by atoms with Crippen LogP contribution in [0.25, 0.3) is 0 Å². The van der Waals surface area contributed by atoms with Gasteiger partial charge in [-0.05, 0) is 18.6 Å². The molecule has 6 heteroatoms. The van der Waals surface area contributed by atoms with Crippen LogP contribution in [-0.4, -0.2) is 41.6 Å². The van der Waals surface area contributed by atoms with Gasteiger partial charge >= 0.3 is 0 Å². The Balaban J connectivity index is 2.10. The average Bonchev–Trinajstić information content (AvgIpc) is 2.39. The van der Waals surface area contributed by atoms with Crippen molar-refractivity contribution in [3.05, 3.63) is 34.3 Å². The largest absolute Gasteiger partial charge is 0.294 e. The highest BCUT2D eigenvalue weighted by atomic mass is 79.9. The maximum atomic E-state index is 12.2. The number of rotatable bonds is 4. The summed E-state index contributed by atoms with van der Waals surface area (Å²) < 4.78 is 0.896. The summed E-state index contributed by atoms with van der Waals surface area (Å²) in [5, 5.41) is 2.29. The van der Waals surface area contributed by atoms with Crippen molar-refractivity contribution in [3.8, 4) is 0 Å². The molecule has 1 unspecified atom stereocenters. The first-order valence-corrected chi connectivity index (χ1v) is 7.17. The quantitative estimate of drug-likeness (QED) is 0.665. The summed E-state index contributed by atoms with van der Waals surface area (Å²) in [6, 6.07) is 6.60. The minimum atomic E-state index is -0.424. The highest BCUT2D eigenvalue weighted by Crippen LogP contribution is 2.14. The van der Waals surface area contributed by atoms with Crippen LogP contribution in [0.3, 0.4) is 0 Å². The van der Waals surface area contributed by atoms with E-state index < -0.39 is 6.04 Å². The fourth-order valence-corrected chi connectivity index (χ4v) is 2.51. The number of imide groups is 1. The van der Waals surface area contributed by atoms with Gasteiger partial charge in [-0.25, -0.2) is 0 Å². The summed E-state index contributed by atoms with van der Waals surface area (Å²) in [5.41, 5.74) is 0.571. The third kappa shape index (κ3) is 3.32. The Hall–Kier alpha value is -1.53. The van der Waals surface area contributed by atoms with Crippen LogP contribution in [0.2, 0.25) is 0 Å². The second-order valence-electron chi connectivity index (χ2n) is 4.67. The number of carbonyl (C=O) groups is 3. The van der Waals surface area contributed by atoms with Crippen molar-refractivity contribution in [1.29, 1.82) is 0 Å². The lowest BCUT2D eigenvalue weighted by Crippen LogP contribution is -2.58. The van der Waals surface area contributed by atoms with Gasteiger partial charge in [-0.1, -0.05) is 35.0 Å². The van der Waals surface area contributed by atoms with E-state index >= 15 is 0 Å². The number of carbonyl (C=O) groups excluding carboxylic acids is 3. The van der Waals surface area contributed by atoms with Crippen LogP contribution >= 0.6 is 15.9 Å². The van der Waals surface area contributed by atoms with Crippen molar-refractivity contribution in [2.24, 2.45) is 0 Å². The van der Waals surface area contributed by atoms with E-state index in [0.717, 1.165) is 4.47 Å². The second kappa shape index (κ2) is 6.28. The SMILES string of the molecule is CCC1C(=O)NC(=O)CN1CC(=O)c1ccc(Br)cc1. The summed E-state index contributed by atoms with van der Waals surface area (Å²) >= 11 is 3.31. The maximum Gasteiger partial charge on any atom is 0.243 e. The Morgan fingerprint density at radius 1 is 1.35 bits per heavy atom. The van der Waals surface area contributed by atoms with Gasteiger partial charge in [0.2, 0.25) is 11.8 Å². The predicted octanol–water partition coefficient (Wildman–Crippen LogP) is 1.37. The molecule has 2 amide bonds. The Morgan fingerprint density at radius 2 is 2.00 bits per heavy atom. The van der Waals surface area contributed by atoms with Gasteiger partial charge < -0.3 is 0 Å². The molecule has 20 heavy (non-hydrogen) atoms. The molecule has 0 saturated carbocycles. The lowest BCUT2D eigenvalue weighted by molar-refractivity contribution is -0.139. The molecule has 1 aromatic rings. The molecule has 1 saturated heterocycles. The number of nitrogens with one attached hydrogen (secondary N) is 1. The van der Waals surface area contributed by atoms with Gasteiger partial charge in [-0.2, -0.15) is 0 Å². The Morgan fingerprint density at radius 3 is 2.60 bits per heavy atom. The summed E-state index contributed by atoms with van der Waals surface area (Å²) in [5.74, 6) is -0.783. The first-order chi connectivity index (χ1) is 9.51. The van der Waals surface area contributed by atoms with E-state index in [0.29, 0.717) is 12.0 Å². The molecule has 2 rings (SSSR count). The van der Waals surface area contributed by atoms with Crippen LogP contribution in [0.15, 0.2) is 28.7 Å². The number of piperazine rings is 1. The molecule has 0 aromatic heterocycles. The molecule has 0 bridgehead atoms. The number of halogens is 1. The normalized spacial score (nSPS) is 19.8. The average molecular weight is 339 g/mol. The van der Waals surface area contributed by atoms with Crippen LogP contribution in [0.4, 0.5) is 0 Å². The van der Waals surface area contributed by atoms with E-state index in [1.54, 1.807) is 29.2 Å². The van der Waals surface area contributed by atoms with Crippen LogP contribution in [0.5, 0.6) is 0 Å². The Kier molecular flexibility index (Phi) is 4.67. The summed E-state index contributed by atoms with van der Waals surface area (Å²) in [4.78, 5) is 37.0. The molecule has 5 nitrogen and oxygen atoms in total. The zero-order valence-electron chi connectivity index (χ0n) is 11.1. The molecule has 1 aliphatic heterocycles. The van der Waals surface area contributed by atoms with Gasteiger partial charge in [0.25, 0.3) is 0 Å². The van der Waals surface area contributed by atoms with E-state index in [4.69, 9.17) is 0 Å². The predicted molar refractivity (Wildman–Crippen MR) is 77.3 cm³/mol. The van der Waals surface area contributed by atoms with Crippen molar-refractivity contribution in [3.63, 3.8) is 0 Å². The molecule has 106 valence electrons. The van der Waals surface area contributed by atoms with Crippen LogP contribution < -0.4 is 5.32 Å². The molecule has 0 aliphatic carbocycles. The summed E-state index contributed by atoms with van der Waals surface area (Å²) in [7, 11) is 0. The van der Waals surface area contributed by atoms with Crippen LogP contribution in [0.1, 0.15) is 23.7 Å². The number of amides is 2. The smallest absolute Gasteiger partial charge is 0.243 e. The molecule has 1 atom stereocenters.